The van der Waals surface area contributed by atoms with Gasteiger partial charge in [0.05, 0.1) is 6.42 Å². The third-order valence-corrected chi connectivity index (χ3v) is 2.53. The summed E-state index contributed by atoms with van der Waals surface area (Å²) < 4.78 is 19.0. The fraction of sp³-hybridized carbons (Fsp3) is 0.688. The summed E-state index contributed by atoms with van der Waals surface area (Å²) in [6.45, 7) is 6.15. The molecule has 0 aromatic carbocycles. The molecule has 0 bridgehead atoms. The average molecular weight is 375 g/mol. The number of alkyl carbamates (subject to hydrolysis) is 1. The topological polar surface area (TPSA) is 134 Å². The van der Waals surface area contributed by atoms with Crippen molar-refractivity contribution < 1.29 is 42.9 Å². The van der Waals surface area contributed by atoms with Crippen LogP contribution in [-0.4, -0.2) is 54.8 Å². The maximum atomic E-state index is 12.0. The molecule has 10 heteroatoms. The maximum Gasteiger partial charge on any atom is 0.408 e. The normalized spacial score (nSPS) is 11.7. The van der Waals surface area contributed by atoms with Crippen molar-refractivity contribution in [2.45, 2.75) is 59.1 Å². The highest BCUT2D eigenvalue weighted by molar-refractivity contribution is 5.83. The van der Waals surface area contributed by atoms with Crippen LogP contribution in [0.2, 0.25) is 0 Å². The number of hydrogen-bond acceptors (Lipinski definition) is 9. The van der Waals surface area contributed by atoms with Gasteiger partial charge in [-0.3, -0.25) is 9.59 Å². The van der Waals surface area contributed by atoms with Gasteiger partial charge >= 0.3 is 24.0 Å². The Hall–Kier alpha value is -2.65. The van der Waals surface area contributed by atoms with E-state index in [1.165, 1.54) is 6.92 Å². The standard InChI is InChI=1S/C16H25NO9/c1-10(18)6-7-13(20)23-8-12(14(21)25-9-24-11(2)19)17-15(22)26-16(3,4)5/h12H,6-9H2,1-5H3,(H,17,22). The molecule has 0 saturated carbocycles. The van der Waals surface area contributed by atoms with Gasteiger partial charge < -0.3 is 29.1 Å². The van der Waals surface area contributed by atoms with Gasteiger partial charge in [-0.2, -0.15) is 0 Å². The Morgan fingerprint density at radius 3 is 2.04 bits per heavy atom. The lowest BCUT2D eigenvalue weighted by atomic mass is 10.2. The molecule has 1 unspecified atom stereocenters. The van der Waals surface area contributed by atoms with E-state index >= 15 is 0 Å². The summed E-state index contributed by atoms with van der Waals surface area (Å²) in [4.78, 5) is 56.9. The van der Waals surface area contributed by atoms with Crippen LogP contribution < -0.4 is 5.32 Å². The third kappa shape index (κ3) is 12.7. The van der Waals surface area contributed by atoms with Gasteiger partial charge in [-0.25, -0.2) is 9.59 Å². The zero-order valence-electron chi connectivity index (χ0n) is 15.6. The van der Waals surface area contributed by atoms with E-state index in [1.54, 1.807) is 20.8 Å². The molecular weight excluding hydrogens is 350 g/mol. The highest BCUT2D eigenvalue weighted by Crippen LogP contribution is 2.07. The predicted octanol–water partition coefficient (Wildman–Crippen LogP) is 0.856. The van der Waals surface area contributed by atoms with E-state index in [0.717, 1.165) is 6.92 Å². The van der Waals surface area contributed by atoms with Gasteiger partial charge in [0, 0.05) is 13.3 Å². The minimum Gasteiger partial charge on any atom is -0.463 e. The largest absolute Gasteiger partial charge is 0.463 e. The SMILES string of the molecule is CC(=O)CCC(=O)OCC(NC(=O)OC(C)(C)C)C(=O)OCOC(C)=O. The molecule has 0 heterocycles. The molecule has 0 aliphatic rings. The zero-order chi connectivity index (χ0) is 20.3. The van der Waals surface area contributed by atoms with Crippen molar-refractivity contribution in [3.05, 3.63) is 0 Å². The molecule has 1 amide bonds. The number of carbonyl (C=O) groups excluding carboxylic acids is 5. The van der Waals surface area contributed by atoms with Crippen LogP contribution in [0.3, 0.4) is 0 Å². The van der Waals surface area contributed by atoms with Crippen molar-refractivity contribution in [2.24, 2.45) is 0 Å². The van der Waals surface area contributed by atoms with Gasteiger partial charge in [0.1, 0.15) is 18.0 Å². The number of hydrogen-bond donors (Lipinski definition) is 1. The third-order valence-electron chi connectivity index (χ3n) is 2.53. The molecule has 0 fully saturated rings. The molecule has 10 nitrogen and oxygen atoms in total. The first-order valence-electron chi connectivity index (χ1n) is 7.85. The lowest BCUT2D eigenvalue weighted by Gasteiger charge is -2.22. The quantitative estimate of drug-likeness (QED) is 0.353. The summed E-state index contributed by atoms with van der Waals surface area (Å²) in [5, 5.41) is 2.21. The van der Waals surface area contributed by atoms with Crippen molar-refractivity contribution >= 4 is 29.8 Å². The van der Waals surface area contributed by atoms with Crippen LogP contribution in [0, 0.1) is 0 Å². The average Bonchev–Trinajstić information content (AvgIpc) is 2.46. The molecule has 1 atom stereocenters. The van der Waals surface area contributed by atoms with E-state index in [-0.39, 0.29) is 18.6 Å². The van der Waals surface area contributed by atoms with Crippen LogP contribution in [0.4, 0.5) is 4.79 Å². The maximum absolute atomic E-state index is 12.0. The number of ketones is 1. The Bertz CT molecular complexity index is 536. The minimum atomic E-state index is -1.37. The lowest BCUT2D eigenvalue weighted by Crippen LogP contribution is -2.47. The van der Waals surface area contributed by atoms with Crippen molar-refractivity contribution in [1.82, 2.24) is 5.32 Å². The Balaban J connectivity index is 4.73. The summed E-state index contributed by atoms with van der Waals surface area (Å²) >= 11 is 0. The second-order valence-electron chi connectivity index (χ2n) is 6.30. The Kier molecular flexibility index (Phi) is 9.93. The molecule has 0 aromatic rings. The van der Waals surface area contributed by atoms with E-state index in [0.29, 0.717) is 0 Å². The van der Waals surface area contributed by atoms with Crippen LogP contribution >= 0.6 is 0 Å². The van der Waals surface area contributed by atoms with Crippen molar-refractivity contribution in [1.29, 1.82) is 0 Å². The first-order chi connectivity index (χ1) is 11.9. The predicted molar refractivity (Wildman–Crippen MR) is 86.8 cm³/mol. The second kappa shape index (κ2) is 11.1. The Morgan fingerprint density at radius 2 is 1.54 bits per heavy atom. The molecule has 0 radical (unpaired) electrons. The highest BCUT2D eigenvalue weighted by Gasteiger charge is 2.27. The van der Waals surface area contributed by atoms with Crippen molar-refractivity contribution in [2.75, 3.05) is 13.4 Å². The van der Waals surface area contributed by atoms with Crippen molar-refractivity contribution in [3.63, 3.8) is 0 Å². The zero-order valence-corrected chi connectivity index (χ0v) is 15.6. The summed E-state index contributed by atoms with van der Waals surface area (Å²) in [5.41, 5.74) is -0.811. The fourth-order valence-electron chi connectivity index (χ4n) is 1.42. The molecule has 0 saturated heterocycles. The summed E-state index contributed by atoms with van der Waals surface area (Å²) in [6, 6.07) is -1.37. The van der Waals surface area contributed by atoms with Gasteiger partial charge in [-0.1, -0.05) is 0 Å². The van der Waals surface area contributed by atoms with Crippen LogP contribution in [0.25, 0.3) is 0 Å². The molecule has 0 aromatic heterocycles. The first kappa shape index (κ1) is 23.4. The van der Waals surface area contributed by atoms with E-state index in [2.05, 4.69) is 14.8 Å². The lowest BCUT2D eigenvalue weighted by molar-refractivity contribution is -0.168. The number of esters is 3. The van der Waals surface area contributed by atoms with Gasteiger partial charge in [0.25, 0.3) is 0 Å². The molecule has 0 spiro atoms. The molecule has 0 rings (SSSR count). The summed E-state index contributed by atoms with van der Waals surface area (Å²) in [7, 11) is 0. The number of nitrogens with one attached hydrogen (secondary N) is 1. The second-order valence-corrected chi connectivity index (χ2v) is 6.30. The molecule has 0 aliphatic heterocycles. The van der Waals surface area contributed by atoms with Gasteiger partial charge in [0.2, 0.25) is 6.79 Å². The Labute approximate surface area is 151 Å². The van der Waals surface area contributed by atoms with Crippen molar-refractivity contribution in [3.8, 4) is 0 Å². The van der Waals surface area contributed by atoms with E-state index in [9.17, 15) is 24.0 Å². The number of amides is 1. The van der Waals surface area contributed by atoms with Gasteiger partial charge in [-0.05, 0) is 27.7 Å². The van der Waals surface area contributed by atoms with Crippen LogP contribution in [-0.2, 0) is 38.1 Å². The monoisotopic (exact) mass is 375 g/mol. The molecular formula is C16H25NO9. The fourth-order valence-corrected chi connectivity index (χ4v) is 1.42. The molecule has 148 valence electrons. The van der Waals surface area contributed by atoms with E-state index < -0.39 is 49.0 Å². The minimum absolute atomic E-state index is 0.000107. The van der Waals surface area contributed by atoms with Crippen LogP contribution in [0.5, 0.6) is 0 Å². The molecule has 26 heavy (non-hydrogen) atoms. The molecule has 0 aliphatic carbocycles. The first-order valence-corrected chi connectivity index (χ1v) is 7.85. The van der Waals surface area contributed by atoms with Crippen LogP contribution in [0.15, 0.2) is 0 Å². The van der Waals surface area contributed by atoms with Crippen LogP contribution in [0.1, 0.15) is 47.5 Å². The van der Waals surface area contributed by atoms with E-state index in [4.69, 9.17) is 9.47 Å². The molecule has 1 N–H and O–H groups in total. The number of carbonyl (C=O) groups is 5. The highest BCUT2D eigenvalue weighted by atomic mass is 16.7. The van der Waals surface area contributed by atoms with Gasteiger partial charge in [0.15, 0.2) is 6.04 Å². The van der Waals surface area contributed by atoms with Gasteiger partial charge in [-0.15, -0.1) is 0 Å². The summed E-state index contributed by atoms with van der Waals surface area (Å²) in [6.07, 6.45) is -1.08. The summed E-state index contributed by atoms with van der Waals surface area (Å²) in [5.74, 6) is -2.56. The Morgan fingerprint density at radius 1 is 0.923 bits per heavy atom. The number of ether oxygens (including phenoxy) is 4. The smallest absolute Gasteiger partial charge is 0.408 e. The van der Waals surface area contributed by atoms with E-state index in [1.807, 2.05) is 0 Å². The number of Topliss-reactive ketones (excluding diaryl/α,β-unsaturated/α-hetero) is 1. The number of rotatable bonds is 9.